The first kappa shape index (κ1) is 16.7. The van der Waals surface area contributed by atoms with Crippen molar-refractivity contribution in [1.82, 2.24) is 4.98 Å². The Hall–Kier alpha value is -1.63. The monoisotopic (exact) mass is 365 g/mol. The van der Waals surface area contributed by atoms with Crippen LogP contribution in [0.4, 0.5) is 14.6 Å². The van der Waals surface area contributed by atoms with Gasteiger partial charge in [0.1, 0.15) is 10.9 Å². The van der Waals surface area contributed by atoms with Crippen LogP contribution in [0.5, 0.6) is 5.75 Å². The summed E-state index contributed by atoms with van der Waals surface area (Å²) >= 11 is 17.4. The second-order valence-corrected chi connectivity index (χ2v) is 5.05. The van der Waals surface area contributed by atoms with Crippen molar-refractivity contribution in [2.45, 2.75) is 6.61 Å². The third-order valence-electron chi connectivity index (χ3n) is 2.40. The molecule has 0 aliphatic carbocycles. The summed E-state index contributed by atoms with van der Waals surface area (Å²) in [7, 11) is 0. The summed E-state index contributed by atoms with van der Waals surface area (Å²) in [4.78, 5) is 3.90. The molecule has 0 aliphatic rings. The van der Waals surface area contributed by atoms with E-state index in [0.29, 0.717) is 5.56 Å². The normalized spacial score (nSPS) is 11.2. The van der Waals surface area contributed by atoms with Crippen LogP contribution in [0.15, 0.2) is 35.4 Å². The van der Waals surface area contributed by atoms with Crippen molar-refractivity contribution in [3.63, 3.8) is 0 Å². The fourth-order valence-electron chi connectivity index (χ4n) is 1.48. The van der Waals surface area contributed by atoms with E-state index in [1.165, 1.54) is 18.3 Å². The summed E-state index contributed by atoms with van der Waals surface area (Å²) in [6, 6.07) is 7.60. The lowest BCUT2D eigenvalue weighted by atomic mass is 10.2. The van der Waals surface area contributed by atoms with Crippen molar-refractivity contribution in [2.24, 2.45) is 5.10 Å². The van der Waals surface area contributed by atoms with E-state index in [0.717, 1.165) is 0 Å². The Morgan fingerprint density at radius 3 is 2.64 bits per heavy atom. The number of aromatic nitrogens is 1. The molecule has 2 rings (SSSR count). The highest BCUT2D eigenvalue weighted by molar-refractivity contribution is 6.42. The maximum atomic E-state index is 12.3. The van der Waals surface area contributed by atoms with Gasteiger partial charge in [0.25, 0.3) is 0 Å². The van der Waals surface area contributed by atoms with E-state index in [-0.39, 0.29) is 26.8 Å². The molecule has 0 aliphatic heterocycles. The summed E-state index contributed by atoms with van der Waals surface area (Å²) in [6.45, 7) is -2.92. The number of ether oxygens (including phenoxy) is 1. The highest BCUT2D eigenvalue weighted by Crippen LogP contribution is 2.28. The fraction of sp³-hybridized carbons (Fsp3) is 0.0769. The van der Waals surface area contributed by atoms with Crippen molar-refractivity contribution in [1.29, 1.82) is 0 Å². The number of rotatable bonds is 5. The van der Waals surface area contributed by atoms with Gasteiger partial charge in [-0.05, 0) is 18.2 Å². The standard InChI is InChI=1S/C13H8Cl3F2N3O/c14-8-5-9(15)12(20-11(8)16)21-19-6-7-3-1-2-4-10(7)22-13(17)18/h1-6,13H,(H,20,21)/b19-6-. The van der Waals surface area contributed by atoms with Crippen molar-refractivity contribution < 1.29 is 13.5 Å². The van der Waals surface area contributed by atoms with Crippen LogP contribution in [-0.4, -0.2) is 17.8 Å². The molecule has 0 spiro atoms. The van der Waals surface area contributed by atoms with Gasteiger partial charge < -0.3 is 4.74 Å². The molecule has 4 nitrogen and oxygen atoms in total. The zero-order valence-electron chi connectivity index (χ0n) is 10.7. The molecule has 0 fully saturated rings. The predicted octanol–water partition coefficient (Wildman–Crippen LogP) is 5.09. The van der Waals surface area contributed by atoms with Gasteiger partial charge in [0.15, 0.2) is 5.82 Å². The molecule has 116 valence electrons. The molecule has 1 N–H and O–H groups in total. The minimum Gasteiger partial charge on any atom is -0.434 e. The topological polar surface area (TPSA) is 46.5 Å². The number of alkyl halides is 2. The van der Waals surface area contributed by atoms with E-state index in [4.69, 9.17) is 34.8 Å². The molecule has 0 atom stereocenters. The quantitative estimate of drug-likeness (QED) is 0.455. The maximum absolute atomic E-state index is 12.3. The smallest absolute Gasteiger partial charge is 0.387 e. The van der Waals surface area contributed by atoms with Crippen LogP contribution in [-0.2, 0) is 0 Å². The summed E-state index contributed by atoms with van der Waals surface area (Å²) in [5.41, 5.74) is 2.90. The number of nitrogens with one attached hydrogen (secondary N) is 1. The van der Waals surface area contributed by atoms with Crippen molar-refractivity contribution in [2.75, 3.05) is 5.43 Å². The number of nitrogens with zero attached hydrogens (tertiary/aromatic N) is 2. The number of benzene rings is 1. The number of anilines is 1. The number of hydrazone groups is 1. The molecule has 22 heavy (non-hydrogen) atoms. The van der Waals surface area contributed by atoms with Gasteiger partial charge >= 0.3 is 6.61 Å². The number of pyridine rings is 1. The second kappa shape index (κ2) is 7.58. The molecule has 0 bridgehead atoms. The van der Waals surface area contributed by atoms with Gasteiger partial charge in [-0.25, -0.2) is 4.98 Å². The van der Waals surface area contributed by atoms with Gasteiger partial charge in [0.05, 0.1) is 16.3 Å². The van der Waals surface area contributed by atoms with Gasteiger partial charge in [-0.1, -0.05) is 46.9 Å². The first-order chi connectivity index (χ1) is 10.5. The summed E-state index contributed by atoms with van der Waals surface area (Å²) in [5.74, 6) is 0.177. The predicted molar refractivity (Wildman–Crippen MR) is 83.6 cm³/mol. The average Bonchev–Trinajstić information content (AvgIpc) is 2.45. The number of hydrogen-bond acceptors (Lipinski definition) is 4. The van der Waals surface area contributed by atoms with E-state index in [1.807, 2.05) is 0 Å². The first-order valence-corrected chi connectivity index (χ1v) is 6.95. The molecule has 0 radical (unpaired) electrons. The molecule has 9 heteroatoms. The first-order valence-electron chi connectivity index (χ1n) is 5.82. The zero-order valence-corrected chi connectivity index (χ0v) is 13.0. The Labute approximate surface area is 139 Å². The van der Waals surface area contributed by atoms with Gasteiger partial charge in [-0.15, -0.1) is 0 Å². The number of halogens is 5. The van der Waals surface area contributed by atoms with Gasteiger partial charge in [0.2, 0.25) is 0 Å². The van der Waals surface area contributed by atoms with Crippen LogP contribution in [0.1, 0.15) is 5.56 Å². The molecular formula is C13H8Cl3F2N3O. The van der Waals surface area contributed by atoms with E-state index in [9.17, 15) is 8.78 Å². The Morgan fingerprint density at radius 2 is 1.91 bits per heavy atom. The van der Waals surface area contributed by atoms with Crippen LogP contribution in [0.3, 0.4) is 0 Å². The Balaban J connectivity index is 2.15. The van der Waals surface area contributed by atoms with Crippen molar-refractivity contribution >= 4 is 46.8 Å². The van der Waals surface area contributed by atoms with Crippen LogP contribution >= 0.6 is 34.8 Å². The molecule has 1 heterocycles. The second-order valence-electron chi connectivity index (χ2n) is 3.88. The Morgan fingerprint density at radius 1 is 1.18 bits per heavy atom. The molecule has 2 aromatic rings. The third-order valence-corrected chi connectivity index (χ3v) is 3.36. The SMILES string of the molecule is FC(F)Oc1ccccc1/C=N\Nc1nc(Cl)c(Cl)cc1Cl. The lowest BCUT2D eigenvalue weighted by Crippen LogP contribution is -2.04. The molecule has 1 aromatic carbocycles. The Kier molecular flexibility index (Phi) is 5.76. The van der Waals surface area contributed by atoms with Gasteiger partial charge in [-0.2, -0.15) is 13.9 Å². The minimum atomic E-state index is -2.92. The molecule has 0 amide bonds. The molecular weight excluding hydrogens is 359 g/mol. The Bertz CT molecular complexity index is 698. The van der Waals surface area contributed by atoms with Crippen LogP contribution in [0, 0.1) is 0 Å². The van der Waals surface area contributed by atoms with Crippen molar-refractivity contribution in [3.05, 3.63) is 51.1 Å². The van der Waals surface area contributed by atoms with Crippen LogP contribution in [0.2, 0.25) is 15.2 Å². The van der Waals surface area contributed by atoms with E-state index in [1.54, 1.807) is 18.2 Å². The van der Waals surface area contributed by atoms with Crippen molar-refractivity contribution in [3.8, 4) is 5.75 Å². The molecule has 0 unspecified atom stereocenters. The number of para-hydroxylation sites is 1. The van der Waals surface area contributed by atoms with Crippen LogP contribution in [0.25, 0.3) is 0 Å². The minimum absolute atomic E-state index is 0.00348. The molecule has 0 saturated heterocycles. The average molecular weight is 367 g/mol. The summed E-state index contributed by atoms with van der Waals surface area (Å²) < 4.78 is 28.9. The van der Waals surface area contributed by atoms with E-state index >= 15 is 0 Å². The highest BCUT2D eigenvalue weighted by atomic mass is 35.5. The van der Waals surface area contributed by atoms with Gasteiger partial charge in [-0.3, -0.25) is 5.43 Å². The van der Waals surface area contributed by atoms with Gasteiger partial charge in [0, 0.05) is 5.56 Å². The highest BCUT2D eigenvalue weighted by Gasteiger charge is 2.08. The fourth-order valence-corrected chi connectivity index (χ4v) is 2.02. The summed E-state index contributed by atoms with van der Waals surface area (Å²) in [5, 5.41) is 4.34. The lowest BCUT2D eigenvalue weighted by Gasteiger charge is -2.07. The third kappa shape index (κ3) is 4.43. The van der Waals surface area contributed by atoms with E-state index in [2.05, 4.69) is 20.2 Å². The number of hydrogen-bond donors (Lipinski definition) is 1. The maximum Gasteiger partial charge on any atom is 0.387 e. The lowest BCUT2D eigenvalue weighted by molar-refractivity contribution is -0.0499. The zero-order chi connectivity index (χ0) is 16.1. The molecule has 1 aromatic heterocycles. The van der Waals surface area contributed by atoms with E-state index < -0.39 is 6.61 Å². The molecule has 0 saturated carbocycles. The summed E-state index contributed by atoms with van der Waals surface area (Å²) in [6.07, 6.45) is 1.29. The largest absolute Gasteiger partial charge is 0.434 e. The van der Waals surface area contributed by atoms with Crippen LogP contribution < -0.4 is 10.2 Å².